The normalized spacial score (nSPS) is 19.0. The summed E-state index contributed by atoms with van der Waals surface area (Å²) < 4.78 is 0. The summed E-state index contributed by atoms with van der Waals surface area (Å²) >= 11 is 0. The summed E-state index contributed by atoms with van der Waals surface area (Å²) in [6, 6.07) is -0.271. The van der Waals surface area contributed by atoms with Gasteiger partial charge in [-0.3, -0.25) is 4.79 Å². The fourth-order valence-corrected chi connectivity index (χ4v) is 2.41. The van der Waals surface area contributed by atoms with Crippen molar-refractivity contribution in [2.45, 2.75) is 31.7 Å². The van der Waals surface area contributed by atoms with Crippen molar-refractivity contribution in [3.05, 3.63) is 12.7 Å². The maximum absolute atomic E-state index is 12.4. The van der Waals surface area contributed by atoms with Crippen molar-refractivity contribution in [3.8, 4) is 0 Å². The van der Waals surface area contributed by atoms with Gasteiger partial charge in [0.1, 0.15) is 6.54 Å². The minimum Gasteiger partial charge on any atom is -0.480 e. The number of aliphatic hydroxyl groups is 1. The zero-order valence-corrected chi connectivity index (χ0v) is 11.1. The number of urea groups is 1. The number of aliphatic carboxylic acids is 1. The number of carbonyl (C=O) groups is 2. The van der Waals surface area contributed by atoms with Crippen molar-refractivity contribution in [1.29, 1.82) is 0 Å². The van der Waals surface area contributed by atoms with Crippen molar-refractivity contribution >= 4 is 12.0 Å². The second-order valence-electron chi connectivity index (χ2n) is 4.70. The lowest BCUT2D eigenvalue weighted by molar-refractivity contribution is -0.137. The zero-order valence-electron chi connectivity index (χ0n) is 11.1. The number of piperidine rings is 1. The van der Waals surface area contributed by atoms with E-state index in [4.69, 9.17) is 10.2 Å². The lowest BCUT2D eigenvalue weighted by Gasteiger charge is -2.38. The highest BCUT2D eigenvalue weighted by Gasteiger charge is 2.29. The molecule has 19 heavy (non-hydrogen) atoms. The van der Waals surface area contributed by atoms with Crippen molar-refractivity contribution < 1.29 is 19.8 Å². The zero-order chi connectivity index (χ0) is 14.3. The lowest BCUT2D eigenvalue weighted by atomic mass is 10.00. The minimum atomic E-state index is -1.04. The van der Waals surface area contributed by atoms with Gasteiger partial charge in [-0.2, -0.15) is 0 Å². The minimum absolute atomic E-state index is 0.00682. The van der Waals surface area contributed by atoms with Gasteiger partial charge in [0.2, 0.25) is 0 Å². The van der Waals surface area contributed by atoms with Crippen LogP contribution in [0.3, 0.4) is 0 Å². The maximum atomic E-state index is 12.4. The van der Waals surface area contributed by atoms with Crippen molar-refractivity contribution in [2.24, 2.45) is 0 Å². The standard InChI is InChI=1S/C13H22N2O4/c1-2-7-14(10-12(17)18)13(19)15-8-4-3-5-11(15)6-9-16/h2,11,16H,1,3-10H2,(H,17,18). The first-order valence-electron chi connectivity index (χ1n) is 6.59. The second-order valence-corrected chi connectivity index (χ2v) is 4.70. The Morgan fingerprint density at radius 1 is 1.42 bits per heavy atom. The Hall–Kier alpha value is -1.56. The average molecular weight is 270 g/mol. The number of hydrogen-bond donors (Lipinski definition) is 2. The predicted octanol–water partition coefficient (Wildman–Crippen LogP) is 0.916. The third-order valence-corrected chi connectivity index (χ3v) is 3.28. The van der Waals surface area contributed by atoms with Gasteiger partial charge in [0, 0.05) is 25.7 Å². The average Bonchev–Trinajstić information content (AvgIpc) is 2.38. The van der Waals surface area contributed by atoms with E-state index in [1.807, 2.05) is 0 Å². The monoisotopic (exact) mass is 270 g/mol. The van der Waals surface area contributed by atoms with Gasteiger partial charge in [0.15, 0.2) is 0 Å². The van der Waals surface area contributed by atoms with Gasteiger partial charge in [-0.1, -0.05) is 6.08 Å². The highest BCUT2D eigenvalue weighted by Crippen LogP contribution is 2.21. The Morgan fingerprint density at radius 2 is 2.16 bits per heavy atom. The van der Waals surface area contributed by atoms with Crippen LogP contribution in [-0.4, -0.2) is 64.3 Å². The second kappa shape index (κ2) is 7.78. The number of aliphatic hydroxyl groups excluding tert-OH is 1. The summed E-state index contributed by atoms with van der Waals surface area (Å²) in [4.78, 5) is 26.1. The Morgan fingerprint density at radius 3 is 2.74 bits per heavy atom. The summed E-state index contributed by atoms with van der Waals surface area (Å²) in [6.45, 7) is 4.09. The molecular weight excluding hydrogens is 248 g/mol. The number of carboxylic acid groups (broad SMARTS) is 1. The summed E-state index contributed by atoms with van der Waals surface area (Å²) in [5.74, 6) is -1.04. The fraction of sp³-hybridized carbons (Fsp3) is 0.692. The maximum Gasteiger partial charge on any atom is 0.323 e. The molecule has 0 aromatic rings. The van der Waals surface area contributed by atoms with Crippen LogP contribution in [0.2, 0.25) is 0 Å². The molecule has 108 valence electrons. The SMILES string of the molecule is C=CCN(CC(=O)O)C(=O)N1CCCCC1CCO. The van der Waals surface area contributed by atoms with Gasteiger partial charge in [-0.15, -0.1) is 6.58 Å². The molecule has 0 radical (unpaired) electrons. The molecule has 1 fully saturated rings. The summed E-state index contributed by atoms with van der Waals surface area (Å²) in [6.07, 6.45) is 4.88. The first-order valence-corrected chi connectivity index (χ1v) is 6.59. The van der Waals surface area contributed by atoms with E-state index in [0.29, 0.717) is 13.0 Å². The van der Waals surface area contributed by atoms with Crippen LogP contribution in [0.1, 0.15) is 25.7 Å². The quantitative estimate of drug-likeness (QED) is 0.703. The molecule has 1 saturated heterocycles. The van der Waals surface area contributed by atoms with E-state index < -0.39 is 5.97 Å². The number of rotatable bonds is 6. The van der Waals surface area contributed by atoms with E-state index in [1.165, 1.54) is 11.0 Å². The van der Waals surface area contributed by atoms with Crippen molar-refractivity contribution in [1.82, 2.24) is 9.80 Å². The van der Waals surface area contributed by atoms with Gasteiger partial charge >= 0.3 is 12.0 Å². The van der Waals surface area contributed by atoms with Crippen LogP contribution >= 0.6 is 0 Å². The number of carbonyl (C=O) groups excluding carboxylic acids is 1. The number of hydrogen-bond acceptors (Lipinski definition) is 3. The van der Waals surface area contributed by atoms with E-state index in [9.17, 15) is 9.59 Å². The lowest BCUT2D eigenvalue weighted by Crippen LogP contribution is -2.51. The van der Waals surface area contributed by atoms with Crippen LogP contribution in [-0.2, 0) is 4.79 Å². The summed E-state index contributed by atoms with van der Waals surface area (Å²) in [5, 5.41) is 17.9. The van der Waals surface area contributed by atoms with Crippen LogP contribution in [0.15, 0.2) is 12.7 Å². The molecule has 0 aromatic carbocycles. The van der Waals surface area contributed by atoms with Gasteiger partial charge in [0.25, 0.3) is 0 Å². The third kappa shape index (κ3) is 4.55. The molecule has 1 atom stereocenters. The predicted molar refractivity (Wildman–Crippen MR) is 70.8 cm³/mol. The van der Waals surface area contributed by atoms with E-state index in [2.05, 4.69) is 6.58 Å². The molecule has 0 spiro atoms. The molecule has 1 unspecified atom stereocenters. The van der Waals surface area contributed by atoms with Crippen LogP contribution < -0.4 is 0 Å². The molecule has 6 heteroatoms. The largest absolute Gasteiger partial charge is 0.480 e. The molecule has 1 aliphatic heterocycles. The van der Waals surface area contributed by atoms with E-state index in [0.717, 1.165) is 19.3 Å². The molecule has 0 saturated carbocycles. The first-order chi connectivity index (χ1) is 9.10. The van der Waals surface area contributed by atoms with E-state index in [-0.39, 0.29) is 31.8 Å². The van der Waals surface area contributed by atoms with Gasteiger partial charge in [-0.05, 0) is 25.7 Å². The first kappa shape index (κ1) is 15.5. The highest BCUT2D eigenvalue weighted by atomic mass is 16.4. The molecular formula is C13H22N2O4. The molecule has 0 aromatic heterocycles. The molecule has 1 heterocycles. The molecule has 1 aliphatic rings. The summed E-state index contributed by atoms with van der Waals surface area (Å²) in [5.41, 5.74) is 0. The number of likely N-dealkylation sites (tertiary alicyclic amines) is 1. The van der Waals surface area contributed by atoms with E-state index >= 15 is 0 Å². The van der Waals surface area contributed by atoms with Crippen LogP contribution in [0.5, 0.6) is 0 Å². The Kier molecular flexibility index (Phi) is 6.35. The Bertz CT molecular complexity index is 331. The fourth-order valence-electron chi connectivity index (χ4n) is 2.41. The van der Waals surface area contributed by atoms with Gasteiger partial charge in [-0.25, -0.2) is 4.79 Å². The molecule has 0 aliphatic carbocycles. The Labute approximate surface area is 113 Å². The molecule has 1 rings (SSSR count). The smallest absolute Gasteiger partial charge is 0.323 e. The topological polar surface area (TPSA) is 81.1 Å². The van der Waals surface area contributed by atoms with Crippen LogP contribution in [0.4, 0.5) is 4.79 Å². The third-order valence-electron chi connectivity index (χ3n) is 3.28. The molecule has 2 N–H and O–H groups in total. The number of nitrogens with zero attached hydrogens (tertiary/aromatic N) is 2. The van der Waals surface area contributed by atoms with Gasteiger partial charge in [0.05, 0.1) is 0 Å². The Balaban J connectivity index is 2.74. The van der Waals surface area contributed by atoms with Gasteiger partial charge < -0.3 is 20.0 Å². The molecule has 2 amide bonds. The molecule has 0 bridgehead atoms. The van der Waals surface area contributed by atoms with Crippen LogP contribution in [0.25, 0.3) is 0 Å². The highest BCUT2D eigenvalue weighted by molar-refractivity contribution is 5.80. The summed E-state index contributed by atoms with van der Waals surface area (Å²) in [7, 11) is 0. The van der Waals surface area contributed by atoms with E-state index in [1.54, 1.807) is 4.90 Å². The van der Waals surface area contributed by atoms with Crippen molar-refractivity contribution in [3.63, 3.8) is 0 Å². The molecule has 6 nitrogen and oxygen atoms in total. The number of carboxylic acids is 1. The van der Waals surface area contributed by atoms with Crippen molar-refractivity contribution in [2.75, 3.05) is 26.2 Å². The van der Waals surface area contributed by atoms with Crippen LogP contribution in [0, 0.1) is 0 Å². The number of amides is 2.